The third-order valence-corrected chi connectivity index (χ3v) is 4.70. The fraction of sp³-hybridized carbons (Fsp3) is 0.600. The van der Waals surface area contributed by atoms with E-state index in [1.807, 2.05) is 12.1 Å². The van der Waals surface area contributed by atoms with Gasteiger partial charge in [-0.3, -0.25) is 5.41 Å². The lowest BCUT2D eigenvalue weighted by Crippen LogP contribution is -2.40. The SMILES string of the molecule is CCC1(CC)CCN(c2ncccc2C(=N)N)CC1. The van der Waals surface area contributed by atoms with Gasteiger partial charge in [0.15, 0.2) is 0 Å². The Hall–Kier alpha value is -1.58. The van der Waals surface area contributed by atoms with E-state index in [-0.39, 0.29) is 5.84 Å². The zero-order chi connectivity index (χ0) is 13.9. The Morgan fingerprint density at radius 2 is 2.00 bits per heavy atom. The van der Waals surface area contributed by atoms with Gasteiger partial charge in [-0.25, -0.2) is 4.98 Å². The fourth-order valence-electron chi connectivity index (χ4n) is 3.01. The molecule has 0 bridgehead atoms. The molecule has 2 heterocycles. The number of nitrogen functional groups attached to an aromatic ring is 1. The molecule has 4 heteroatoms. The summed E-state index contributed by atoms with van der Waals surface area (Å²) < 4.78 is 0. The largest absolute Gasteiger partial charge is 0.384 e. The van der Waals surface area contributed by atoms with Crippen molar-refractivity contribution in [1.82, 2.24) is 4.98 Å². The van der Waals surface area contributed by atoms with Gasteiger partial charge in [-0.15, -0.1) is 0 Å². The Morgan fingerprint density at radius 3 is 2.53 bits per heavy atom. The minimum absolute atomic E-state index is 0.103. The van der Waals surface area contributed by atoms with Crippen molar-refractivity contribution in [2.24, 2.45) is 11.1 Å². The van der Waals surface area contributed by atoms with E-state index in [0.29, 0.717) is 5.41 Å². The summed E-state index contributed by atoms with van der Waals surface area (Å²) in [5.74, 6) is 0.974. The quantitative estimate of drug-likeness (QED) is 0.646. The second kappa shape index (κ2) is 5.59. The lowest BCUT2D eigenvalue weighted by atomic mass is 9.74. The summed E-state index contributed by atoms with van der Waals surface area (Å²) in [6, 6.07) is 3.72. The number of nitrogens with zero attached hydrogens (tertiary/aromatic N) is 2. The molecule has 4 nitrogen and oxygen atoms in total. The Labute approximate surface area is 115 Å². The number of amidine groups is 1. The molecule has 0 amide bonds. The monoisotopic (exact) mass is 260 g/mol. The topological polar surface area (TPSA) is 66.0 Å². The van der Waals surface area contributed by atoms with Crippen molar-refractivity contribution in [3.05, 3.63) is 23.9 Å². The molecule has 0 radical (unpaired) electrons. The van der Waals surface area contributed by atoms with Crippen molar-refractivity contribution in [2.45, 2.75) is 39.5 Å². The van der Waals surface area contributed by atoms with Crippen LogP contribution < -0.4 is 10.6 Å². The van der Waals surface area contributed by atoms with E-state index < -0.39 is 0 Å². The molecular formula is C15H24N4. The molecule has 0 aromatic carbocycles. The van der Waals surface area contributed by atoms with E-state index in [4.69, 9.17) is 11.1 Å². The molecule has 1 saturated heterocycles. The predicted octanol–water partition coefficient (Wildman–Crippen LogP) is 2.77. The van der Waals surface area contributed by atoms with Crippen molar-refractivity contribution in [1.29, 1.82) is 5.41 Å². The van der Waals surface area contributed by atoms with E-state index in [9.17, 15) is 0 Å². The number of piperidine rings is 1. The summed E-state index contributed by atoms with van der Waals surface area (Å²) >= 11 is 0. The Morgan fingerprint density at radius 1 is 1.37 bits per heavy atom. The van der Waals surface area contributed by atoms with E-state index in [2.05, 4.69) is 23.7 Å². The molecule has 104 valence electrons. The first-order valence-electron chi connectivity index (χ1n) is 7.16. The van der Waals surface area contributed by atoms with Gasteiger partial charge in [0.2, 0.25) is 0 Å². The van der Waals surface area contributed by atoms with Gasteiger partial charge >= 0.3 is 0 Å². The van der Waals surface area contributed by atoms with Gasteiger partial charge in [0, 0.05) is 19.3 Å². The molecule has 2 rings (SSSR count). The first-order valence-corrected chi connectivity index (χ1v) is 7.16. The zero-order valence-corrected chi connectivity index (χ0v) is 11.9. The summed E-state index contributed by atoms with van der Waals surface area (Å²) in [4.78, 5) is 6.71. The molecule has 1 aromatic heterocycles. The third kappa shape index (κ3) is 2.72. The number of anilines is 1. The highest BCUT2D eigenvalue weighted by molar-refractivity contribution is 5.99. The zero-order valence-electron chi connectivity index (χ0n) is 11.9. The Balaban J connectivity index is 2.16. The molecule has 1 aromatic rings. The predicted molar refractivity (Wildman–Crippen MR) is 79.7 cm³/mol. The average Bonchev–Trinajstić information content (AvgIpc) is 2.47. The van der Waals surface area contributed by atoms with Crippen molar-refractivity contribution in [3.8, 4) is 0 Å². The maximum absolute atomic E-state index is 7.66. The van der Waals surface area contributed by atoms with Gasteiger partial charge in [-0.1, -0.05) is 26.7 Å². The summed E-state index contributed by atoms with van der Waals surface area (Å²) in [7, 11) is 0. The van der Waals surface area contributed by atoms with Crippen LogP contribution in [0.4, 0.5) is 5.82 Å². The average molecular weight is 260 g/mol. The molecule has 0 atom stereocenters. The molecule has 1 aliphatic rings. The molecule has 0 unspecified atom stereocenters. The van der Waals surface area contributed by atoms with Crippen LogP contribution in [0.3, 0.4) is 0 Å². The second-order valence-electron chi connectivity index (χ2n) is 5.48. The molecule has 0 spiro atoms. The highest BCUT2D eigenvalue weighted by Crippen LogP contribution is 2.39. The van der Waals surface area contributed by atoms with Crippen LogP contribution in [0.25, 0.3) is 0 Å². The number of rotatable bonds is 4. The number of nitrogens with two attached hydrogens (primary N) is 1. The molecule has 1 fully saturated rings. The van der Waals surface area contributed by atoms with Crippen LogP contribution in [0, 0.1) is 10.8 Å². The highest BCUT2D eigenvalue weighted by Gasteiger charge is 2.32. The van der Waals surface area contributed by atoms with Crippen LogP contribution in [0.1, 0.15) is 45.1 Å². The molecule has 19 heavy (non-hydrogen) atoms. The number of hydrogen-bond acceptors (Lipinski definition) is 3. The van der Waals surface area contributed by atoms with Crippen molar-refractivity contribution < 1.29 is 0 Å². The van der Waals surface area contributed by atoms with Gasteiger partial charge in [0.05, 0.1) is 5.56 Å². The molecule has 1 aliphatic heterocycles. The fourth-order valence-corrected chi connectivity index (χ4v) is 3.01. The van der Waals surface area contributed by atoms with Crippen LogP contribution in [0.15, 0.2) is 18.3 Å². The maximum Gasteiger partial charge on any atom is 0.139 e. The smallest absolute Gasteiger partial charge is 0.139 e. The summed E-state index contributed by atoms with van der Waals surface area (Å²) in [6.45, 7) is 6.61. The van der Waals surface area contributed by atoms with E-state index >= 15 is 0 Å². The van der Waals surface area contributed by atoms with Gasteiger partial charge < -0.3 is 10.6 Å². The number of hydrogen-bond donors (Lipinski definition) is 2. The van der Waals surface area contributed by atoms with Gasteiger partial charge in [0.25, 0.3) is 0 Å². The van der Waals surface area contributed by atoms with Crippen LogP contribution in [0.5, 0.6) is 0 Å². The lowest BCUT2D eigenvalue weighted by Gasteiger charge is -2.41. The minimum atomic E-state index is 0.103. The molecule has 3 N–H and O–H groups in total. The Bertz CT molecular complexity index is 441. The van der Waals surface area contributed by atoms with Crippen LogP contribution in [-0.4, -0.2) is 23.9 Å². The van der Waals surface area contributed by atoms with Gasteiger partial charge in [-0.05, 0) is 30.4 Å². The number of nitrogens with one attached hydrogen (secondary N) is 1. The normalized spacial score (nSPS) is 18.3. The lowest BCUT2D eigenvalue weighted by molar-refractivity contribution is 0.199. The molecule has 0 saturated carbocycles. The van der Waals surface area contributed by atoms with Crippen molar-refractivity contribution in [2.75, 3.05) is 18.0 Å². The van der Waals surface area contributed by atoms with Crippen LogP contribution >= 0.6 is 0 Å². The first kappa shape index (κ1) is 13.8. The van der Waals surface area contributed by atoms with E-state index in [1.165, 1.54) is 25.7 Å². The van der Waals surface area contributed by atoms with Gasteiger partial charge in [-0.2, -0.15) is 0 Å². The number of pyridine rings is 1. The highest BCUT2D eigenvalue weighted by atomic mass is 15.2. The minimum Gasteiger partial charge on any atom is -0.384 e. The standard InChI is InChI=1S/C15H24N4/c1-3-15(4-2)7-10-19(11-8-15)14-12(13(16)17)6-5-9-18-14/h5-6,9H,3-4,7-8,10-11H2,1-2H3,(H3,16,17). The molecular weight excluding hydrogens is 236 g/mol. The third-order valence-electron chi connectivity index (χ3n) is 4.70. The summed E-state index contributed by atoms with van der Waals surface area (Å²) in [5, 5.41) is 7.66. The van der Waals surface area contributed by atoms with Crippen LogP contribution in [0.2, 0.25) is 0 Å². The van der Waals surface area contributed by atoms with E-state index in [0.717, 1.165) is 24.5 Å². The van der Waals surface area contributed by atoms with Crippen LogP contribution in [-0.2, 0) is 0 Å². The Kier molecular flexibility index (Phi) is 4.08. The molecule has 0 aliphatic carbocycles. The second-order valence-corrected chi connectivity index (χ2v) is 5.48. The van der Waals surface area contributed by atoms with E-state index in [1.54, 1.807) is 6.20 Å². The van der Waals surface area contributed by atoms with Crippen molar-refractivity contribution in [3.63, 3.8) is 0 Å². The number of aromatic nitrogens is 1. The first-order chi connectivity index (χ1) is 9.12. The van der Waals surface area contributed by atoms with Crippen molar-refractivity contribution >= 4 is 11.7 Å². The maximum atomic E-state index is 7.66. The summed E-state index contributed by atoms with van der Waals surface area (Å²) in [5.41, 5.74) is 6.90. The van der Waals surface area contributed by atoms with Gasteiger partial charge in [0.1, 0.15) is 11.7 Å². The summed E-state index contributed by atoms with van der Waals surface area (Å²) in [6.07, 6.45) is 6.68.